The quantitative estimate of drug-likeness (QED) is 0.599. The molecule has 92 valence electrons. The molecule has 0 N–H and O–H groups in total. The Labute approximate surface area is 98.5 Å². The van der Waals surface area contributed by atoms with Gasteiger partial charge >= 0.3 is 5.69 Å². The third-order valence-electron chi connectivity index (χ3n) is 3.00. The average molecular weight is 239 g/mol. The second-order valence-corrected chi connectivity index (χ2v) is 4.26. The minimum Gasteiger partial charge on any atom is -0.374 e. The molecule has 0 saturated heterocycles. The Hall–Kier alpha value is -1.49. The molecule has 2 rings (SSSR count). The van der Waals surface area contributed by atoms with Gasteiger partial charge in [-0.05, 0) is 30.5 Å². The van der Waals surface area contributed by atoms with Crippen molar-refractivity contribution in [3.63, 3.8) is 0 Å². The van der Waals surface area contributed by atoms with Gasteiger partial charge in [0, 0.05) is 6.07 Å². The van der Waals surface area contributed by atoms with Gasteiger partial charge in [-0.25, -0.2) is 0 Å². The number of hydrogen-bond acceptors (Lipinski definition) is 3. The van der Waals surface area contributed by atoms with E-state index in [1.165, 1.54) is 31.0 Å². The summed E-state index contributed by atoms with van der Waals surface area (Å²) >= 11 is 0. The summed E-state index contributed by atoms with van der Waals surface area (Å²) in [5, 5.41) is 10.4. The molecule has 1 aromatic carbocycles. The van der Waals surface area contributed by atoms with Gasteiger partial charge in [-0.3, -0.25) is 10.1 Å². The minimum atomic E-state index is -0.803. The summed E-state index contributed by atoms with van der Waals surface area (Å²) in [6.45, 7) is 0.319. The monoisotopic (exact) mass is 239 g/mol. The summed E-state index contributed by atoms with van der Waals surface area (Å²) in [7, 11) is 0. The maximum Gasteiger partial charge on any atom is 0.304 e. The van der Waals surface area contributed by atoms with Crippen LogP contribution >= 0.6 is 0 Å². The number of rotatable bonds is 4. The maximum absolute atomic E-state index is 13.3. The maximum atomic E-state index is 13.3. The third kappa shape index (κ3) is 3.00. The largest absolute Gasteiger partial charge is 0.374 e. The summed E-state index contributed by atoms with van der Waals surface area (Å²) in [5.41, 5.74) is 0.148. The van der Waals surface area contributed by atoms with Crippen molar-refractivity contribution < 1.29 is 14.1 Å². The average Bonchev–Trinajstić information content (AvgIpc) is 2.78. The van der Waals surface area contributed by atoms with Crippen LogP contribution in [-0.2, 0) is 11.3 Å². The zero-order valence-electron chi connectivity index (χ0n) is 9.39. The minimum absolute atomic E-state index is 0.258. The van der Waals surface area contributed by atoms with Crippen LogP contribution in [0.1, 0.15) is 31.2 Å². The molecule has 0 aliphatic heterocycles. The number of nitro benzene ring substituents is 1. The van der Waals surface area contributed by atoms with Crippen LogP contribution in [0.2, 0.25) is 0 Å². The Morgan fingerprint density at radius 1 is 1.41 bits per heavy atom. The van der Waals surface area contributed by atoms with Gasteiger partial charge in [-0.15, -0.1) is 0 Å². The van der Waals surface area contributed by atoms with Crippen LogP contribution in [0.3, 0.4) is 0 Å². The lowest BCUT2D eigenvalue weighted by Crippen LogP contribution is -2.07. The number of ether oxygens (including phenoxy) is 1. The second kappa shape index (κ2) is 5.23. The van der Waals surface area contributed by atoms with Crippen molar-refractivity contribution in [3.05, 3.63) is 39.7 Å². The molecule has 5 heteroatoms. The topological polar surface area (TPSA) is 52.4 Å². The molecule has 0 bridgehead atoms. The van der Waals surface area contributed by atoms with Gasteiger partial charge in [0.25, 0.3) is 0 Å². The fraction of sp³-hybridized carbons (Fsp3) is 0.500. The summed E-state index contributed by atoms with van der Waals surface area (Å²) in [4.78, 5) is 9.71. The van der Waals surface area contributed by atoms with Gasteiger partial charge < -0.3 is 4.74 Å². The number of nitrogens with zero attached hydrogens (tertiary/aromatic N) is 1. The highest BCUT2D eigenvalue weighted by Gasteiger charge is 2.17. The molecular weight excluding hydrogens is 225 g/mol. The number of nitro groups is 1. The molecule has 0 unspecified atom stereocenters. The van der Waals surface area contributed by atoms with Crippen LogP contribution in [0, 0.1) is 15.9 Å². The van der Waals surface area contributed by atoms with Crippen molar-refractivity contribution in [2.24, 2.45) is 0 Å². The molecule has 1 aliphatic carbocycles. The van der Waals surface area contributed by atoms with Crippen LogP contribution < -0.4 is 0 Å². The van der Waals surface area contributed by atoms with E-state index in [1.54, 1.807) is 0 Å². The lowest BCUT2D eigenvalue weighted by Gasteiger charge is -2.10. The van der Waals surface area contributed by atoms with Crippen molar-refractivity contribution in [1.82, 2.24) is 0 Å². The molecule has 0 amide bonds. The van der Waals surface area contributed by atoms with Gasteiger partial charge in [-0.1, -0.05) is 12.8 Å². The molecule has 0 atom stereocenters. The van der Waals surface area contributed by atoms with E-state index in [1.807, 2.05) is 0 Å². The Bertz CT molecular complexity index is 416. The van der Waals surface area contributed by atoms with E-state index in [9.17, 15) is 14.5 Å². The van der Waals surface area contributed by atoms with Gasteiger partial charge in [0.05, 0.1) is 17.6 Å². The molecule has 0 heterocycles. The SMILES string of the molecule is O=[N+]([O-])c1ccc(COC2CCCC2)cc1F. The van der Waals surface area contributed by atoms with E-state index >= 15 is 0 Å². The Balaban J connectivity index is 1.97. The van der Waals surface area contributed by atoms with Crippen molar-refractivity contribution in [2.75, 3.05) is 0 Å². The summed E-state index contributed by atoms with van der Waals surface area (Å²) in [5.74, 6) is -0.803. The highest BCUT2D eigenvalue weighted by Crippen LogP contribution is 2.23. The molecule has 1 saturated carbocycles. The zero-order valence-corrected chi connectivity index (χ0v) is 9.39. The van der Waals surface area contributed by atoms with Gasteiger partial charge in [0.1, 0.15) is 0 Å². The fourth-order valence-electron chi connectivity index (χ4n) is 2.06. The molecule has 0 radical (unpaired) electrons. The van der Waals surface area contributed by atoms with Crippen LogP contribution in [0.4, 0.5) is 10.1 Å². The predicted molar refractivity (Wildman–Crippen MR) is 60.1 cm³/mol. The first-order valence-corrected chi connectivity index (χ1v) is 5.71. The molecule has 0 aromatic heterocycles. The van der Waals surface area contributed by atoms with Crippen LogP contribution in [0.25, 0.3) is 0 Å². The molecule has 0 spiro atoms. The highest BCUT2D eigenvalue weighted by molar-refractivity contribution is 5.34. The fourth-order valence-corrected chi connectivity index (χ4v) is 2.06. The Morgan fingerprint density at radius 2 is 2.12 bits per heavy atom. The summed E-state index contributed by atoms with van der Waals surface area (Å²) in [6, 6.07) is 3.89. The normalized spacial score (nSPS) is 16.3. The standard InChI is InChI=1S/C12H14FNO3/c13-11-7-9(5-6-12(11)14(15)16)8-17-10-3-1-2-4-10/h5-7,10H,1-4,8H2. The second-order valence-electron chi connectivity index (χ2n) is 4.26. The van der Waals surface area contributed by atoms with Crippen molar-refractivity contribution in [2.45, 2.75) is 38.4 Å². The Kier molecular flexibility index (Phi) is 3.68. The smallest absolute Gasteiger partial charge is 0.304 e. The number of halogens is 1. The molecule has 4 nitrogen and oxygen atoms in total. The van der Waals surface area contributed by atoms with Crippen LogP contribution in [-0.4, -0.2) is 11.0 Å². The summed E-state index contributed by atoms with van der Waals surface area (Å²) in [6.07, 6.45) is 4.72. The first-order chi connectivity index (χ1) is 8.16. The zero-order chi connectivity index (χ0) is 12.3. The van der Waals surface area contributed by atoms with Crippen LogP contribution in [0.15, 0.2) is 18.2 Å². The number of hydrogen-bond donors (Lipinski definition) is 0. The molecular formula is C12H14FNO3. The van der Waals surface area contributed by atoms with Gasteiger partial charge in [-0.2, -0.15) is 4.39 Å². The van der Waals surface area contributed by atoms with E-state index in [0.717, 1.165) is 12.8 Å². The lowest BCUT2D eigenvalue weighted by molar-refractivity contribution is -0.387. The van der Waals surface area contributed by atoms with E-state index < -0.39 is 16.4 Å². The molecule has 1 aromatic rings. The third-order valence-corrected chi connectivity index (χ3v) is 3.00. The van der Waals surface area contributed by atoms with E-state index in [0.29, 0.717) is 12.2 Å². The molecule has 17 heavy (non-hydrogen) atoms. The van der Waals surface area contributed by atoms with Gasteiger partial charge in [0.2, 0.25) is 5.82 Å². The van der Waals surface area contributed by atoms with Crippen molar-refractivity contribution in [1.29, 1.82) is 0 Å². The number of benzene rings is 1. The van der Waals surface area contributed by atoms with Crippen molar-refractivity contribution in [3.8, 4) is 0 Å². The van der Waals surface area contributed by atoms with E-state index in [4.69, 9.17) is 4.74 Å². The Morgan fingerprint density at radius 3 is 2.71 bits per heavy atom. The van der Waals surface area contributed by atoms with Crippen molar-refractivity contribution >= 4 is 5.69 Å². The lowest BCUT2D eigenvalue weighted by atomic mass is 10.2. The highest BCUT2D eigenvalue weighted by atomic mass is 19.1. The van der Waals surface area contributed by atoms with Gasteiger partial charge in [0.15, 0.2) is 0 Å². The first-order valence-electron chi connectivity index (χ1n) is 5.71. The van der Waals surface area contributed by atoms with Crippen LogP contribution in [0.5, 0.6) is 0 Å². The summed E-state index contributed by atoms with van der Waals surface area (Å²) < 4.78 is 18.9. The molecule has 1 fully saturated rings. The molecule has 1 aliphatic rings. The predicted octanol–water partition coefficient (Wildman–Crippen LogP) is 3.19. The van der Waals surface area contributed by atoms with E-state index in [2.05, 4.69) is 0 Å². The van der Waals surface area contributed by atoms with E-state index in [-0.39, 0.29) is 6.10 Å². The first kappa shape index (κ1) is 12.0.